The minimum absolute atomic E-state index is 0.288. The van der Waals surface area contributed by atoms with Crippen LogP contribution in [0.2, 0.25) is 0 Å². The van der Waals surface area contributed by atoms with Crippen molar-refractivity contribution in [1.82, 2.24) is 4.98 Å². The minimum atomic E-state index is 0.288. The Labute approximate surface area is 106 Å². The van der Waals surface area contributed by atoms with Crippen LogP contribution in [0.25, 0.3) is 16.3 Å². The van der Waals surface area contributed by atoms with Gasteiger partial charge in [0.25, 0.3) is 0 Å². The second-order valence-corrected chi connectivity index (χ2v) is 5.23. The molecule has 4 rings (SSSR count). The molecule has 1 fully saturated rings. The number of hydrogen-bond donors (Lipinski definition) is 0. The van der Waals surface area contributed by atoms with E-state index in [2.05, 4.69) is 35.3 Å². The maximum absolute atomic E-state index is 8.92. The van der Waals surface area contributed by atoms with Crippen LogP contribution >= 0.6 is 0 Å². The molecule has 1 aromatic carbocycles. The molecule has 1 aromatic heterocycles. The molecule has 0 aliphatic heterocycles. The van der Waals surface area contributed by atoms with Gasteiger partial charge in [0.05, 0.1) is 12.0 Å². The first-order valence-corrected chi connectivity index (χ1v) is 6.31. The number of nitrogens with zero attached hydrogens (tertiary/aromatic N) is 2. The predicted octanol–water partition coefficient (Wildman–Crippen LogP) is 3.41. The van der Waals surface area contributed by atoms with Crippen molar-refractivity contribution >= 4 is 16.3 Å². The largest absolute Gasteiger partial charge is 0.264 e. The fourth-order valence-corrected chi connectivity index (χ4v) is 3.13. The average Bonchev–Trinajstić information content (AvgIpc) is 2.90. The number of rotatable bonds is 1. The predicted molar refractivity (Wildman–Crippen MR) is 70.4 cm³/mol. The van der Waals surface area contributed by atoms with E-state index in [4.69, 9.17) is 5.26 Å². The highest BCUT2D eigenvalue weighted by Crippen LogP contribution is 2.57. The Balaban J connectivity index is 1.73. The van der Waals surface area contributed by atoms with E-state index in [1.54, 1.807) is 0 Å². The molecule has 2 aliphatic rings. The van der Waals surface area contributed by atoms with Crippen LogP contribution < -0.4 is 0 Å². The quantitative estimate of drug-likeness (QED) is 0.755. The third-order valence-electron chi connectivity index (χ3n) is 4.24. The SMILES string of the molecule is N#C[C@@H]1[C@H]2C=C(c3ccc4ccncc4c3)C[C@@H]12. The van der Waals surface area contributed by atoms with Crippen molar-refractivity contribution in [2.45, 2.75) is 6.42 Å². The van der Waals surface area contributed by atoms with E-state index in [-0.39, 0.29) is 5.92 Å². The fourth-order valence-electron chi connectivity index (χ4n) is 3.13. The lowest BCUT2D eigenvalue weighted by molar-refractivity contribution is 0.829. The second-order valence-electron chi connectivity index (χ2n) is 5.23. The molecule has 2 aromatic rings. The zero-order valence-corrected chi connectivity index (χ0v) is 9.88. The first-order valence-electron chi connectivity index (χ1n) is 6.31. The van der Waals surface area contributed by atoms with E-state index in [9.17, 15) is 0 Å². The van der Waals surface area contributed by atoms with Crippen molar-refractivity contribution in [2.75, 3.05) is 0 Å². The smallest absolute Gasteiger partial charge is 0.0665 e. The van der Waals surface area contributed by atoms with E-state index in [1.165, 1.54) is 21.9 Å². The van der Waals surface area contributed by atoms with Gasteiger partial charge in [-0.2, -0.15) is 5.26 Å². The molecule has 0 bridgehead atoms. The third kappa shape index (κ3) is 1.31. The third-order valence-corrected chi connectivity index (χ3v) is 4.24. The summed E-state index contributed by atoms with van der Waals surface area (Å²) in [6, 6.07) is 11.0. The van der Waals surface area contributed by atoms with Crippen LogP contribution in [0.1, 0.15) is 12.0 Å². The van der Waals surface area contributed by atoms with Crippen molar-refractivity contribution in [1.29, 1.82) is 5.26 Å². The fraction of sp³-hybridized carbons (Fsp3) is 0.250. The minimum Gasteiger partial charge on any atom is -0.264 e. The summed E-state index contributed by atoms with van der Waals surface area (Å²) in [5.74, 6) is 1.40. The number of pyridine rings is 1. The number of allylic oxidation sites excluding steroid dienone is 2. The summed E-state index contributed by atoms with van der Waals surface area (Å²) in [5.41, 5.74) is 2.70. The molecule has 0 amide bonds. The van der Waals surface area contributed by atoms with E-state index in [1.807, 2.05) is 18.5 Å². The van der Waals surface area contributed by atoms with Crippen molar-refractivity contribution < 1.29 is 0 Å². The van der Waals surface area contributed by atoms with Crippen molar-refractivity contribution in [2.24, 2.45) is 17.8 Å². The number of fused-ring (bicyclic) bond motifs is 2. The standard InChI is InChI=1S/C16H12N2/c17-8-16-14-6-12(7-15(14)16)11-2-1-10-3-4-18-9-13(10)5-11/h1-6,9,14-16H,7H2/t14-,15+,16+/m0/s1. The summed E-state index contributed by atoms with van der Waals surface area (Å²) in [5, 5.41) is 11.3. The first kappa shape index (κ1) is 9.85. The molecule has 0 saturated heterocycles. The van der Waals surface area contributed by atoms with Crippen molar-refractivity contribution in [3.8, 4) is 6.07 Å². The Morgan fingerprint density at radius 2 is 2.17 bits per heavy atom. The Kier molecular flexibility index (Phi) is 1.87. The van der Waals surface area contributed by atoms with E-state index in [0.29, 0.717) is 11.8 Å². The Morgan fingerprint density at radius 1 is 1.22 bits per heavy atom. The summed E-state index contributed by atoms with van der Waals surface area (Å²) in [4.78, 5) is 4.17. The van der Waals surface area contributed by atoms with Crippen LogP contribution in [0.15, 0.2) is 42.7 Å². The molecule has 0 spiro atoms. The van der Waals surface area contributed by atoms with Gasteiger partial charge in [0.1, 0.15) is 0 Å². The normalized spacial score (nSPS) is 28.6. The van der Waals surface area contributed by atoms with Gasteiger partial charge in [-0.1, -0.05) is 18.2 Å². The molecule has 2 nitrogen and oxygen atoms in total. The average molecular weight is 232 g/mol. The maximum Gasteiger partial charge on any atom is 0.0665 e. The number of hydrogen-bond acceptors (Lipinski definition) is 2. The Bertz CT molecular complexity index is 708. The summed E-state index contributed by atoms with van der Waals surface area (Å²) in [6.45, 7) is 0. The molecular weight excluding hydrogens is 220 g/mol. The number of benzene rings is 1. The molecule has 0 radical (unpaired) electrons. The van der Waals surface area contributed by atoms with Gasteiger partial charge in [-0.15, -0.1) is 0 Å². The van der Waals surface area contributed by atoms with Gasteiger partial charge in [0.15, 0.2) is 0 Å². The molecule has 0 unspecified atom stereocenters. The zero-order valence-electron chi connectivity index (χ0n) is 9.88. The van der Waals surface area contributed by atoms with Crippen LogP contribution in [0, 0.1) is 29.1 Å². The van der Waals surface area contributed by atoms with E-state index >= 15 is 0 Å². The lowest BCUT2D eigenvalue weighted by atomic mass is 9.99. The molecule has 0 N–H and O–H groups in total. The summed E-state index contributed by atoms with van der Waals surface area (Å²) < 4.78 is 0. The lowest BCUT2D eigenvalue weighted by Gasteiger charge is -2.06. The Morgan fingerprint density at radius 3 is 2.94 bits per heavy atom. The molecule has 18 heavy (non-hydrogen) atoms. The highest BCUT2D eigenvalue weighted by Gasteiger charge is 2.52. The van der Waals surface area contributed by atoms with Gasteiger partial charge >= 0.3 is 0 Å². The van der Waals surface area contributed by atoms with Crippen LogP contribution in [-0.2, 0) is 0 Å². The summed E-state index contributed by atoms with van der Waals surface area (Å²) >= 11 is 0. The first-order chi connectivity index (χ1) is 8.86. The van der Waals surface area contributed by atoms with E-state index in [0.717, 1.165) is 6.42 Å². The van der Waals surface area contributed by atoms with Gasteiger partial charge < -0.3 is 0 Å². The topological polar surface area (TPSA) is 36.7 Å². The van der Waals surface area contributed by atoms with Gasteiger partial charge in [-0.25, -0.2) is 0 Å². The van der Waals surface area contributed by atoms with Gasteiger partial charge in [-0.3, -0.25) is 4.98 Å². The summed E-state index contributed by atoms with van der Waals surface area (Å²) in [6.07, 6.45) is 7.10. The van der Waals surface area contributed by atoms with Crippen molar-refractivity contribution in [3.05, 3.63) is 48.3 Å². The van der Waals surface area contributed by atoms with Gasteiger partial charge in [0.2, 0.25) is 0 Å². The molecule has 2 aliphatic carbocycles. The molecule has 1 saturated carbocycles. The van der Waals surface area contributed by atoms with Gasteiger partial charge in [-0.05, 0) is 46.9 Å². The lowest BCUT2D eigenvalue weighted by Crippen LogP contribution is -1.88. The van der Waals surface area contributed by atoms with Gasteiger partial charge in [0, 0.05) is 17.8 Å². The highest BCUT2D eigenvalue weighted by molar-refractivity contribution is 5.86. The number of nitriles is 1. The molecule has 2 heteroatoms. The highest BCUT2D eigenvalue weighted by atomic mass is 14.6. The van der Waals surface area contributed by atoms with Crippen LogP contribution in [-0.4, -0.2) is 4.98 Å². The van der Waals surface area contributed by atoms with Crippen LogP contribution in [0.4, 0.5) is 0 Å². The number of aromatic nitrogens is 1. The molecule has 1 heterocycles. The van der Waals surface area contributed by atoms with Crippen LogP contribution in [0.5, 0.6) is 0 Å². The second kappa shape index (κ2) is 3.43. The monoisotopic (exact) mass is 232 g/mol. The van der Waals surface area contributed by atoms with Crippen LogP contribution in [0.3, 0.4) is 0 Å². The van der Waals surface area contributed by atoms with Crippen molar-refractivity contribution in [3.63, 3.8) is 0 Å². The van der Waals surface area contributed by atoms with E-state index < -0.39 is 0 Å². The molecule has 3 atom stereocenters. The Hall–Kier alpha value is -2.14. The maximum atomic E-state index is 8.92. The molecule has 86 valence electrons. The summed E-state index contributed by atoms with van der Waals surface area (Å²) in [7, 11) is 0. The zero-order chi connectivity index (χ0) is 12.1. The molecular formula is C16H12N2.